The van der Waals surface area contributed by atoms with Crippen LogP contribution in [0.4, 0.5) is 0 Å². The summed E-state index contributed by atoms with van der Waals surface area (Å²) in [4.78, 5) is 56.1. The lowest BCUT2D eigenvalue weighted by Crippen LogP contribution is -2.62. The summed E-state index contributed by atoms with van der Waals surface area (Å²) in [5, 5.41) is 9.22. The molecule has 5 atom stereocenters. The molecule has 10 heteroatoms. The molecular formula is C28H41N5O5. The highest BCUT2D eigenvalue weighted by molar-refractivity contribution is 5.94. The van der Waals surface area contributed by atoms with Crippen molar-refractivity contribution < 1.29 is 23.9 Å². The number of carbonyl (C=O) groups is 4. The van der Waals surface area contributed by atoms with Crippen LogP contribution in [-0.2, 0) is 19.2 Å². The quantitative estimate of drug-likeness (QED) is 0.493. The summed E-state index contributed by atoms with van der Waals surface area (Å²) >= 11 is 0. The maximum Gasteiger partial charge on any atom is 0.247 e. The monoisotopic (exact) mass is 527 g/mol. The van der Waals surface area contributed by atoms with Crippen LogP contribution in [0.3, 0.4) is 0 Å². The van der Waals surface area contributed by atoms with Gasteiger partial charge in [0.05, 0.1) is 18.7 Å². The van der Waals surface area contributed by atoms with Crippen LogP contribution in [0.1, 0.15) is 65.0 Å². The number of amides is 4. The second-order valence-electron chi connectivity index (χ2n) is 11.1. The smallest absolute Gasteiger partial charge is 0.247 e. The van der Waals surface area contributed by atoms with E-state index in [4.69, 9.17) is 4.74 Å². The van der Waals surface area contributed by atoms with Gasteiger partial charge in [0.1, 0.15) is 17.8 Å². The van der Waals surface area contributed by atoms with Crippen molar-refractivity contribution in [1.29, 1.82) is 0 Å². The van der Waals surface area contributed by atoms with Crippen LogP contribution in [0.15, 0.2) is 24.3 Å². The molecule has 38 heavy (non-hydrogen) atoms. The summed E-state index contributed by atoms with van der Waals surface area (Å²) in [6.45, 7) is 9.08. The number of rotatable bonds is 7. The maximum absolute atomic E-state index is 13.9. The molecule has 208 valence electrons. The van der Waals surface area contributed by atoms with Gasteiger partial charge in [-0.05, 0) is 44.7 Å². The Kier molecular flexibility index (Phi) is 8.91. The molecule has 0 saturated carbocycles. The molecule has 1 aromatic carbocycles. The normalized spacial score (nSPS) is 26.0. The lowest BCUT2D eigenvalue weighted by molar-refractivity contribution is -0.147. The Morgan fingerprint density at radius 1 is 1.03 bits per heavy atom. The van der Waals surface area contributed by atoms with Crippen LogP contribution in [0.5, 0.6) is 5.75 Å². The van der Waals surface area contributed by atoms with Gasteiger partial charge in [0.25, 0.3) is 0 Å². The molecule has 3 heterocycles. The fourth-order valence-electron chi connectivity index (χ4n) is 5.59. The molecule has 3 N–H and O–H groups in total. The highest BCUT2D eigenvalue weighted by Crippen LogP contribution is 2.33. The van der Waals surface area contributed by atoms with Crippen LogP contribution in [0.2, 0.25) is 0 Å². The molecule has 2 saturated heterocycles. The maximum atomic E-state index is 13.9. The van der Waals surface area contributed by atoms with E-state index in [9.17, 15) is 19.2 Å². The van der Waals surface area contributed by atoms with Gasteiger partial charge in [0.2, 0.25) is 23.6 Å². The molecule has 3 aliphatic heterocycles. The van der Waals surface area contributed by atoms with Crippen LogP contribution < -0.4 is 20.7 Å². The number of nitrogens with one attached hydrogen (secondary N) is 3. The number of para-hydroxylation sites is 1. The molecule has 3 aliphatic rings. The van der Waals surface area contributed by atoms with Crippen molar-refractivity contribution in [2.45, 2.75) is 83.6 Å². The Morgan fingerprint density at radius 2 is 1.79 bits per heavy atom. The molecule has 0 bridgehead atoms. The van der Waals surface area contributed by atoms with Crippen molar-refractivity contribution in [3.8, 4) is 5.75 Å². The van der Waals surface area contributed by atoms with Gasteiger partial charge in [-0.2, -0.15) is 0 Å². The largest absolute Gasteiger partial charge is 0.493 e. The van der Waals surface area contributed by atoms with Gasteiger partial charge in [0.15, 0.2) is 0 Å². The van der Waals surface area contributed by atoms with Gasteiger partial charge in [-0.15, -0.1) is 0 Å². The third kappa shape index (κ3) is 6.28. The fraction of sp³-hybridized carbons (Fsp3) is 0.643. The molecule has 0 radical (unpaired) electrons. The van der Waals surface area contributed by atoms with Crippen LogP contribution in [0, 0.1) is 5.92 Å². The zero-order chi connectivity index (χ0) is 27.4. The minimum Gasteiger partial charge on any atom is -0.493 e. The highest BCUT2D eigenvalue weighted by Gasteiger charge is 2.45. The predicted molar refractivity (Wildman–Crippen MR) is 142 cm³/mol. The number of fused-ring (bicyclic) bond motifs is 2. The number of nitrogens with zero attached hydrogens (tertiary/aromatic N) is 2. The number of hydrogen-bond acceptors (Lipinski definition) is 6. The average Bonchev–Trinajstić information content (AvgIpc) is 3.31. The molecule has 4 rings (SSSR count). The summed E-state index contributed by atoms with van der Waals surface area (Å²) in [6, 6.07) is 5.28. The second-order valence-corrected chi connectivity index (χ2v) is 11.1. The van der Waals surface area contributed by atoms with Crippen molar-refractivity contribution in [1.82, 2.24) is 25.8 Å². The van der Waals surface area contributed by atoms with Crippen LogP contribution in [-0.4, -0.2) is 83.8 Å². The summed E-state index contributed by atoms with van der Waals surface area (Å²) in [6.07, 6.45) is 2.47. The summed E-state index contributed by atoms with van der Waals surface area (Å²) < 4.78 is 5.73. The molecule has 10 nitrogen and oxygen atoms in total. The molecule has 0 spiro atoms. The number of carbonyl (C=O) groups excluding carboxylic acids is 4. The average molecular weight is 528 g/mol. The van der Waals surface area contributed by atoms with E-state index in [-0.39, 0.29) is 42.3 Å². The van der Waals surface area contributed by atoms with Gasteiger partial charge < -0.3 is 30.5 Å². The number of benzene rings is 1. The molecule has 0 aromatic heterocycles. The van der Waals surface area contributed by atoms with E-state index in [2.05, 4.69) is 29.8 Å². The van der Waals surface area contributed by atoms with E-state index in [1.165, 1.54) is 6.92 Å². The van der Waals surface area contributed by atoms with E-state index in [1.54, 1.807) is 16.7 Å². The first-order valence-corrected chi connectivity index (χ1v) is 13.8. The van der Waals surface area contributed by atoms with Gasteiger partial charge in [-0.1, -0.05) is 32.0 Å². The molecule has 2 fully saturated rings. The summed E-state index contributed by atoms with van der Waals surface area (Å²) in [5.41, 5.74) is 0.936. The van der Waals surface area contributed by atoms with Gasteiger partial charge in [-0.3, -0.25) is 19.2 Å². The van der Waals surface area contributed by atoms with Gasteiger partial charge in [0, 0.05) is 38.0 Å². The van der Waals surface area contributed by atoms with Gasteiger partial charge >= 0.3 is 0 Å². The second kappa shape index (κ2) is 12.1. The minimum absolute atomic E-state index is 0.0850. The summed E-state index contributed by atoms with van der Waals surface area (Å²) in [5.74, 6) is 0.196. The van der Waals surface area contributed by atoms with Crippen molar-refractivity contribution in [2.75, 3.05) is 26.2 Å². The molecule has 4 amide bonds. The van der Waals surface area contributed by atoms with Crippen LogP contribution >= 0.6 is 0 Å². The molecule has 0 unspecified atom stereocenters. The van der Waals surface area contributed by atoms with Crippen molar-refractivity contribution in [2.24, 2.45) is 5.92 Å². The van der Waals surface area contributed by atoms with Crippen LogP contribution in [0.25, 0.3) is 0 Å². The first-order chi connectivity index (χ1) is 18.2. The lowest BCUT2D eigenvalue weighted by Gasteiger charge is -2.39. The Morgan fingerprint density at radius 3 is 2.53 bits per heavy atom. The van der Waals surface area contributed by atoms with Crippen molar-refractivity contribution >= 4 is 23.6 Å². The highest BCUT2D eigenvalue weighted by atomic mass is 16.5. The topological polar surface area (TPSA) is 120 Å². The molecular weight excluding hydrogens is 486 g/mol. The molecule has 1 aromatic rings. The lowest BCUT2D eigenvalue weighted by atomic mass is 10.00. The fourth-order valence-corrected chi connectivity index (χ4v) is 5.59. The SMILES string of the molecule is CC(=O)N1CC[C@H]2CC[C@@H](C(=O)N[C@@H]3CCOc4ccccc43)N2C(=O)[C@@H](NC(=O)[C@H](C)NCC(C)C)C1. The zero-order valence-electron chi connectivity index (χ0n) is 22.9. The van der Waals surface area contributed by atoms with E-state index >= 15 is 0 Å². The minimum atomic E-state index is -0.922. The zero-order valence-corrected chi connectivity index (χ0v) is 22.9. The predicted octanol–water partition coefficient (Wildman–Crippen LogP) is 1.36. The van der Waals surface area contributed by atoms with Crippen molar-refractivity contribution in [3.05, 3.63) is 29.8 Å². The number of hydrogen-bond donors (Lipinski definition) is 3. The van der Waals surface area contributed by atoms with E-state index in [1.807, 2.05) is 24.3 Å². The third-order valence-corrected chi connectivity index (χ3v) is 7.76. The van der Waals surface area contributed by atoms with E-state index in [0.29, 0.717) is 51.3 Å². The van der Waals surface area contributed by atoms with Crippen molar-refractivity contribution in [3.63, 3.8) is 0 Å². The standard InChI is InChI=1S/C28H41N5O5/c1-17(2)15-29-18(3)26(35)31-23-16-32(19(4)34)13-11-20-9-10-24(33(20)28(23)37)27(36)30-22-12-14-38-25-8-6-5-7-21(22)25/h5-8,17-18,20,22-24,29H,9-16H2,1-4H3,(H,30,36)(H,31,35)/t18-,20+,22+,23-,24-/m0/s1. The molecule has 0 aliphatic carbocycles. The third-order valence-electron chi connectivity index (χ3n) is 7.76. The Labute approximate surface area is 224 Å². The van der Waals surface area contributed by atoms with Gasteiger partial charge in [-0.25, -0.2) is 0 Å². The number of ether oxygens (including phenoxy) is 1. The Balaban J connectivity index is 1.51. The Bertz CT molecular complexity index is 1050. The van der Waals surface area contributed by atoms with E-state index in [0.717, 1.165) is 11.3 Å². The first-order valence-electron chi connectivity index (χ1n) is 13.8. The Hall–Kier alpha value is -3.14. The first kappa shape index (κ1) is 27.9. The van der Waals surface area contributed by atoms with E-state index < -0.39 is 18.1 Å². The summed E-state index contributed by atoms with van der Waals surface area (Å²) in [7, 11) is 0.